The molecule has 3 aromatic rings. The summed E-state index contributed by atoms with van der Waals surface area (Å²) in [5, 5.41) is 55.1. The maximum absolute atomic E-state index is 15.0. The van der Waals surface area contributed by atoms with E-state index in [1.165, 1.54) is 21.0 Å². The molecule has 2 heterocycles. The van der Waals surface area contributed by atoms with Crippen molar-refractivity contribution in [1.29, 1.82) is 0 Å². The number of fused-ring (bicyclic) bond motifs is 1. The third-order valence-electron chi connectivity index (χ3n) is 17.6. The van der Waals surface area contributed by atoms with Crippen molar-refractivity contribution >= 4 is 106 Å². The second kappa shape index (κ2) is 44.3. The van der Waals surface area contributed by atoms with Gasteiger partial charge in [0, 0.05) is 50.5 Å². The van der Waals surface area contributed by atoms with E-state index < -0.39 is 225 Å². The van der Waals surface area contributed by atoms with Crippen LogP contribution in [0.2, 0.25) is 0 Å². The van der Waals surface area contributed by atoms with Gasteiger partial charge in [0.15, 0.2) is 0 Å². The largest absolute Gasteiger partial charge is 0.481 e. The number of nitrogens with zero attached hydrogens (tertiary/aromatic N) is 2. The molecule has 0 saturated carbocycles. The summed E-state index contributed by atoms with van der Waals surface area (Å²) in [6.45, 7) is 5.05. The van der Waals surface area contributed by atoms with Gasteiger partial charge in [0.25, 0.3) is 0 Å². The van der Waals surface area contributed by atoms with Crippen LogP contribution < -0.4 is 76.1 Å². The third kappa shape index (κ3) is 29.0. The lowest BCUT2D eigenvalue weighted by Crippen LogP contribution is -2.61. The van der Waals surface area contributed by atoms with Gasteiger partial charge in [-0.1, -0.05) is 82.6 Å². The van der Waals surface area contributed by atoms with E-state index in [1.54, 1.807) is 74.6 Å². The first-order valence-corrected chi connectivity index (χ1v) is 35.4. The Bertz CT molecular complexity index is 3590. The molecule has 1 fully saturated rings. The van der Waals surface area contributed by atoms with Crippen LogP contribution >= 0.6 is 0 Å². The predicted molar refractivity (Wildman–Crippen MR) is 385 cm³/mol. The fraction of sp³-hybridized carbons (Fsp3) is 0.571. The number of ether oxygens (including phenoxy) is 1. The molecular weight excluding hydrogens is 1400 g/mol. The fourth-order valence-corrected chi connectivity index (χ4v) is 11.7. The van der Waals surface area contributed by atoms with Crippen LogP contribution in [0.15, 0.2) is 60.8 Å². The fourth-order valence-electron chi connectivity index (χ4n) is 11.7. The lowest BCUT2D eigenvalue weighted by atomic mass is 9.99. The van der Waals surface area contributed by atoms with Gasteiger partial charge < -0.3 is 111 Å². The normalized spacial score (nSPS) is 24.3. The number of H-pyrrole nitrogens is 1. The molecule has 37 nitrogen and oxygen atoms in total. The van der Waals surface area contributed by atoms with E-state index in [2.05, 4.69) is 58.2 Å². The van der Waals surface area contributed by atoms with Crippen LogP contribution in [0, 0.1) is 11.8 Å². The first-order chi connectivity index (χ1) is 50.6. The van der Waals surface area contributed by atoms with Gasteiger partial charge in [0.05, 0.1) is 39.0 Å². The first kappa shape index (κ1) is 88.7. The quantitative estimate of drug-likeness (QED) is 0.0373. The molecule has 1 aliphatic rings. The molecule has 1 saturated heterocycles. The Morgan fingerprint density at radius 3 is 1.61 bits per heavy atom. The van der Waals surface area contributed by atoms with Crippen LogP contribution in [0.5, 0.6) is 0 Å². The molecule has 12 atom stereocenters. The summed E-state index contributed by atoms with van der Waals surface area (Å²) in [5.74, 6) is -18.4. The van der Waals surface area contributed by atoms with E-state index in [0.29, 0.717) is 34.9 Å². The highest BCUT2D eigenvalue weighted by Gasteiger charge is 2.40. The summed E-state index contributed by atoms with van der Waals surface area (Å²) < 4.78 is 6.02. The van der Waals surface area contributed by atoms with Crippen LogP contribution in [0.4, 0.5) is 0 Å². The number of hydrogen-bond donors (Lipinski definition) is 18. The minimum absolute atomic E-state index is 0.00855. The molecule has 0 radical (unpaired) electrons. The Morgan fingerprint density at radius 1 is 0.551 bits per heavy atom. The van der Waals surface area contributed by atoms with Gasteiger partial charge >= 0.3 is 11.9 Å². The van der Waals surface area contributed by atoms with E-state index in [4.69, 9.17) is 27.7 Å². The number of rotatable bonds is 24. The zero-order valence-corrected chi connectivity index (χ0v) is 61.3. The van der Waals surface area contributed by atoms with Gasteiger partial charge in [-0.2, -0.15) is 0 Å². The number of nitrogens with one attached hydrogen (secondary N) is 11. The standard InChI is InChI=1S/C70H105N17O20/c1-37(2)16-13-19-42-30-56(92)78-52(36-89)67(103)84-50(32-55(74)91)66(102)85-51(35-88)61(97)76-34-57(93)86(6)53(28-40-17-9-8-10-18-40)68(104)77-39(5)60(96)79-45(22-14-26-71)62(98)80-46(24-25-58(94)95)63(99)83-49(31-54(73)90)65(101)82-48(29-41-33-75-44-21-12-11-20-43(41)44)64(100)81-47(23-15-27-72)69(105)87(7)59(38(3)4)70(106)107-42/h8-12,17-18,20-21,33,37-39,42,45-53,59,75,88-89H,13-16,19,22-32,34-36,71-72H2,1-7H3,(H2,73,90)(H2,74,91)(H,76,97)(H,77,104)(H,78,92)(H,79,96)(H,80,98)(H,81,100)(H,82,101)(H,83,99)(H,84,103)(H,85,102)(H,94,95)/t39-,42+,45+,46-,47+,48+,49+,50+,51-,52-,53+,59-/m0/s1. The number of carbonyl (C=O) groups excluding carboxylic acids is 15. The van der Waals surface area contributed by atoms with Crippen LogP contribution in [-0.4, -0.2) is 244 Å². The molecule has 4 rings (SSSR count). The Labute approximate surface area is 618 Å². The smallest absolute Gasteiger partial charge is 0.329 e. The molecule has 590 valence electrons. The number of amides is 14. The second-order valence-corrected chi connectivity index (χ2v) is 27.0. The number of carbonyl (C=O) groups is 16. The number of aliphatic hydroxyl groups is 2. The molecule has 0 bridgehead atoms. The molecule has 0 spiro atoms. The van der Waals surface area contributed by atoms with E-state index in [-0.39, 0.29) is 64.0 Å². The van der Waals surface area contributed by atoms with E-state index in [0.717, 1.165) is 9.80 Å². The Morgan fingerprint density at radius 2 is 1.05 bits per heavy atom. The molecule has 2 aromatic carbocycles. The molecule has 1 aliphatic heterocycles. The van der Waals surface area contributed by atoms with Crippen molar-refractivity contribution in [3.63, 3.8) is 0 Å². The molecule has 0 unspecified atom stereocenters. The Balaban J connectivity index is 1.87. The Hall–Kier alpha value is -10.7. The van der Waals surface area contributed by atoms with Gasteiger partial charge in [-0.15, -0.1) is 0 Å². The number of aromatic nitrogens is 1. The van der Waals surface area contributed by atoms with E-state index in [1.807, 2.05) is 13.8 Å². The average molecular weight is 1500 g/mol. The molecule has 14 amide bonds. The van der Waals surface area contributed by atoms with Crippen molar-refractivity contribution in [3.8, 4) is 0 Å². The predicted octanol–water partition coefficient (Wildman–Crippen LogP) is -5.02. The van der Waals surface area contributed by atoms with Crippen LogP contribution in [0.3, 0.4) is 0 Å². The summed E-state index contributed by atoms with van der Waals surface area (Å²) in [6, 6.07) is -3.56. The summed E-state index contributed by atoms with van der Waals surface area (Å²) in [6.07, 6.45) is -3.42. The molecule has 107 heavy (non-hydrogen) atoms. The van der Waals surface area contributed by atoms with Gasteiger partial charge in [-0.25, -0.2) is 4.79 Å². The first-order valence-electron chi connectivity index (χ1n) is 35.4. The minimum Gasteiger partial charge on any atom is -0.481 e. The lowest BCUT2D eigenvalue weighted by molar-refractivity contribution is -0.162. The summed E-state index contributed by atoms with van der Waals surface area (Å²) >= 11 is 0. The monoisotopic (exact) mass is 1500 g/mol. The Kier molecular flexibility index (Phi) is 36.8. The number of carboxylic acids is 1. The van der Waals surface area contributed by atoms with E-state index in [9.17, 15) is 92.0 Å². The number of carboxylic acid groups (broad SMARTS) is 1. The molecule has 1 aromatic heterocycles. The van der Waals surface area contributed by atoms with E-state index >= 15 is 0 Å². The molecular formula is C70H105N17O20. The molecule has 37 heteroatoms. The third-order valence-corrected chi connectivity index (χ3v) is 17.6. The van der Waals surface area contributed by atoms with Gasteiger partial charge in [0.1, 0.15) is 72.6 Å². The highest BCUT2D eigenvalue weighted by Crippen LogP contribution is 2.23. The zero-order valence-electron chi connectivity index (χ0n) is 61.3. The van der Waals surface area contributed by atoms with Crippen molar-refractivity contribution in [2.24, 2.45) is 34.8 Å². The maximum atomic E-state index is 15.0. The van der Waals surface area contributed by atoms with Gasteiger partial charge in [-0.3, -0.25) is 71.9 Å². The topological polar surface area (TPSA) is 590 Å². The number of esters is 1. The number of aromatic amines is 1. The number of cyclic esters (lactones) is 1. The highest BCUT2D eigenvalue weighted by molar-refractivity contribution is 6.01. The number of aliphatic hydroxyl groups excluding tert-OH is 2. The van der Waals surface area contributed by atoms with Crippen LogP contribution in [0.1, 0.15) is 123 Å². The second-order valence-electron chi connectivity index (χ2n) is 27.0. The van der Waals surface area contributed by atoms with Crippen molar-refractivity contribution in [3.05, 3.63) is 71.9 Å². The lowest BCUT2D eigenvalue weighted by Gasteiger charge is -2.34. The number of primary amides is 2. The highest BCUT2D eigenvalue weighted by atomic mass is 16.5. The number of hydrogen-bond acceptors (Lipinski definition) is 21. The van der Waals surface area contributed by atoms with Crippen LogP contribution in [-0.2, 0) is 94.3 Å². The van der Waals surface area contributed by atoms with Crippen molar-refractivity contribution in [2.75, 3.05) is 46.9 Å². The molecule has 0 aliphatic carbocycles. The summed E-state index contributed by atoms with van der Waals surface area (Å²) in [4.78, 5) is 228. The zero-order chi connectivity index (χ0) is 79.8. The maximum Gasteiger partial charge on any atom is 0.329 e. The van der Waals surface area contributed by atoms with Crippen molar-refractivity contribution < 1.29 is 96.8 Å². The molecule has 22 N–H and O–H groups in total. The minimum atomic E-state index is -1.96. The average Bonchev–Trinajstić information content (AvgIpc) is 1.71. The summed E-state index contributed by atoms with van der Waals surface area (Å²) in [5.41, 5.74) is 24.4. The summed E-state index contributed by atoms with van der Waals surface area (Å²) in [7, 11) is 2.46. The number of para-hydroxylation sites is 1. The van der Waals surface area contributed by atoms with Gasteiger partial charge in [0.2, 0.25) is 82.7 Å². The number of aliphatic carboxylic acids is 1. The van der Waals surface area contributed by atoms with Crippen molar-refractivity contribution in [1.82, 2.24) is 68.0 Å². The number of nitrogens with two attached hydrogens (primary N) is 4. The van der Waals surface area contributed by atoms with Crippen LogP contribution in [0.25, 0.3) is 10.9 Å². The van der Waals surface area contributed by atoms with Gasteiger partial charge in [-0.05, 0) is 94.0 Å². The number of benzene rings is 2. The SMILES string of the molecule is CC(C)CCC[C@@H]1CC(=O)N[C@@H](CO)C(=O)N[C@H](CC(N)=O)C(=O)N[C@@H](CO)C(=O)NCC(=O)N(C)[C@H](Cc2ccccc2)C(=O)N[C@@H](C)C(=O)N[C@H](CCCN)C(=O)N[C@@H](CCC(=O)O)C(=O)N[C@H](CC(N)=O)C(=O)N[C@H](Cc2c[nH]c3ccccc23)C(=O)N[C@H](CCCN)C(=O)N(C)[C@@H](C(C)C)C(=O)O1. The number of likely N-dealkylation sites (N-methyl/N-ethyl adjacent to an activating group) is 2. The van der Waals surface area contributed by atoms with Crippen molar-refractivity contribution in [2.45, 2.75) is 197 Å².